The van der Waals surface area contributed by atoms with E-state index in [2.05, 4.69) is 0 Å². The van der Waals surface area contributed by atoms with Crippen molar-refractivity contribution in [1.29, 1.82) is 0 Å². The summed E-state index contributed by atoms with van der Waals surface area (Å²) in [6.45, 7) is 4.12. The minimum absolute atomic E-state index is 0.172. The Labute approximate surface area is 97.1 Å². The molecule has 0 aromatic heterocycles. The number of rotatable bonds is 5. The molecule has 0 aliphatic carbocycles. The molecule has 0 amide bonds. The van der Waals surface area contributed by atoms with Gasteiger partial charge in [-0.3, -0.25) is 4.31 Å². The molecular formula is C11H18N2O2S. The number of nitrogens with two attached hydrogens (primary N) is 1. The van der Waals surface area contributed by atoms with Gasteiger partial charge in [0.05, 0.1) is 11.4 Å². The van der Waals surface area contributed by atoms with Crippen LogP contribution in [0.2, 0.25) is 0 Å². The maximum absolute atomic E-state index is 11.9. The number of anilines is 2. The van der Waals surface area contributed by atoms with E-state index in [1.165, 1.54) is 4.31 Å². The Morgan fingerprint density at radius 2 is 1.75 bits per heavy atom. The highest BCUT2D eigenvalue weighted by atomic mass is 32.2. The second kappa shape index (κ2) is 5.21. The summed E-state index contributed by atoms with van der Waals surface area (Å²) in [5.41, 5.74) is 6.87. The van der Waals surface area contributed by atoms with Crippen LogP contribution in [-0.2, 0) is 10.0 Å². The van der Waals surface area contributed by atoms with Gasteiger partial charge in [-0.25, -0.2) is 8.42 Å². The van der Waals surface area contributed by atoms with E-state index >= 15 is 0 Å². The van der Waals surface area contributed by atoms with Gasteiger partial charge in [0.15, 0.2) is 0 Å². The lowest BCUT2D eigenvalue weighted by atomic mass is 10.3. The third kappa shape index (κ3) is 2.88. The topological polar surface area (TPSA) is 63.4 Å². The van der Waals surface area contributed by atoms with E-state index in [0.717, 1.165) is 0 Å². The number of hydrogen-bond donors (Lipinski definition) is 1. The zero-order chi connectivity index (χ0) is 12.2. The third-order valence-electron chi connectivity index (χ3n) is 2.27. The summed E-state index contributed by atoms with van der Waals surface area (Å²) < 4.78 is 25.3. The highest BCUT2D eigenvalue weighted by molar-refractivity contribution is 7.92. The molecule has 0 aliphatic heterocycles. The molecule has 0 spiro atoms. The molecule has 16 heavy (non-hydrogen) atoms. The summed E-state index contributed by atoms with van der Waals surface area (Å²) in [6.07, 6.45) is 0.619. The maximum Gasteiger partial charge on any atom is 0.235 e. The van der Waals surface area contributed by atoms with Gasteiger partial charge in [0.25, 0.3) is 0 Å². The minimum Gasteiger partial charge on any atom is -0.399 e. The zero-order valence-electron chi connectivity index (χ0n) is 9.68. The molecule has 1 rings (SSSR count). The van der Waals surface area contributed by atoms with Gasteiger partial charge in [0, 0.05) is 12.2 Å². The first-order chi connectivity index (χ1) is 7.51. The molecule has 0 heterocycles. The van der Waals surface area contributed by atoms with Crippen LogP contribution < -0.4 is 10.0 Å². The lowest BCUT2D eigenvalue weighted by Gasteiger charge is -2.22. The van der Waals surface area contributed by atoms with Gasteiger partial charge in [-0.05, 0) is 37.6 Å². The van der Waals surface area contributed by atoms with Gasteiger partial charge in [0.2, 0.25) is 10.0 Å². The second-order valence-corrected chi connectivity index (χ2v) is 5.59. The van der Waals surface area contributed by atoms with Crippen molar-refractivity contribution in [2.45, 2.75) is 20.3 Å². The van der Waals surface area contributed by atoms with Crippen molar-refractivity contribution >= 4 is 21.4 Å². The standard InChI is InChI=1S/C11H18N2O2S/c1-3-9-16(14,15)13(4-2)11-7-5-10(12)6-8-11/h5-8H,3-4,9,12H2,1-2H3. The SMILES string of the molecule is CCCS(=O)(=O)N(CC)c1ccc(N)cc1. The molecule has 0 atom stereocenters. The monoisotopic (exact) mass is 242 g/mol. The van der Waals surface area contributed by atoms with Crippen LogP contribution >= 0.6 is 0 Å². The Balaban J connectivity index is 3.03. The van der Waals surface area contributed by atoms with Gasteiger partial charge in [0.1, 0.15) is 0 Å². The van der Waals surface area contributed by atoms with Gasteiger partial charge in [-0.2, -0.15) is 0 Å². The fourth-order valence-electron chi connectivity index (χ4n) is 1.55. The number of benzene rings is 1. The second-order valence-electron chi connectivity index (χ2n) is 3.57. The van der Waals surface area contributed by atoms with Crippen molar-refractivity contribution < 1.29 is 8.42 Å². The van der Waals surface area contributed by atoms with E-state index in [1.807, 2.05) is 13.8 Å². The molecule has 0 unspecified atom stereocenters. The summed E-state index contributed by atoms with van der Waals surface area (Å²) in [6, 6.07) is 6.87. The Morgan fingerprint density at radius 3 is 2.19 bits per heavy atom. The fourth-order valence-corrected chi connectivity index (χ4v) is 3.12. The van der Waals surface area contributed by atoms with Crippen molar-refractivity contribution in [2.24, 2.45) is 0 Å². The van der Waals surface area contributed by atoms with Gasteiger partial charge in [-0.15, -0.1) is 0 Å². The van der Waals surface area contributed by atoms with E-state index in [-0.39, 0.29) is 5.75 Å². The molecule has 1 aromatic rings. The average molecular weight is 242 g/mol. The van der Waals surface area contributed by atoms with Crippen LogP contribution in [0, 0.1) is 0 Å². The van der Waals surface area contributed by atoms with Gasteiger partial charge >= 0.3 is 0 Å². The van der Waals surface area contributed by atoms with Crippen molar-refractivity contribution in [3.63, 3.8) is 0 Å². The summed E-state index contributed by atoms with van der Waals surface area (Å²) >= 11 is 0. The van der Waals surface area contributed by atoms with Gasteiger partial charge in [-0.1, -0.05) is 6.92 Å². The largest absolute Gasteiger partial charge is 0.399 e. The smallest absolute Gasteiger partial charge is 0.235 e. The predicted octanol–water partition coefficient (Wildman–Crippen LogP) is 1.83. The van der Waals surface area contributed by atoms with Crippen LogP contribution in [0.15, 0.2) is 24.3 Å². The normalized spacial score (nSPS) is 11.4. The van der Waals surface area contributed by atoms with E-state index in [0.29, 0.717) is 24.3 Å². The zero-order valence-corrected chi connectivity index (χ0v) is 10.5. The highest BCUT2D eigenvalue weighted by Crippen LogP contribution is 2.19. The first-order valence-electron chi connectivity index (χ1n) is 5.37. The fraction of sp³-hybridized carbons (Fsp3) is 0.455. The Bertz CT molecular complexity index is 426. The van der Waals surface area contributed by atoms with Gasteiger partial charge < -0.3 is 5.73 Å². The first kappa shape index (κ1) is 12.8. The summed E-state index contributed by atoms with van der Waals surface area (Å²) in [5, 5.41) is 0. The van der Waals surface area contributed by atoms with E-state index in [1.54, 1.807) is 24.3 Å². The highest BCUT2D eigenvalue weighted by Gasteiger charge is 2.19. The molecule has 0 saturated heterocycles. The number of nitrogens with zero attached hydrogens (tertiary/aromatic N) is 1. The summed E-state index contributed by atoms with van der Waals surface area (Å²) in [7, 11) is -3.20. The van der Waals surface area contributed by atoms with Crippen LogP contribution in [0.1, 0.15) is 20.3 Å². The van der Waals surface area contributed by atoms with Crippen LogP contribution in [0.25, 0.3) is 0 Å². The summed E-state index contributed by atoms with van der Waals surface area (Å²) in [5.74, 6) is 0.172. The molecule has 90 valence electrons. The average Bonchev–Trinajstić information content (AvgIpc) is 2.21. The number of hydrogen-bond acceptors (Lipinski definition) is 3. The van der Waals surface area contributed by atoms with Crippen LogP contribution in [0.5, 0.6) is 0 Å². The molecule has 0 radical (unpaired) electrons. The van der Waals surface area contributed by atoms with Crippen LogP contribution in [-0.4, -0.2) is 20.7 Å². The molecule has 0 fully saturated rings. The Hall–Kier alpha value is -1.23. The molecule has 0 saturated carbocycles. The number of nitrogen functional groups attached to an aromatic ring is 1. The van der Waals surface area contributed by atoms with E-state index < -0.39 is 10.0 Å². The molecule has 0 aliphatic rings. The van der Waals surface area contributed by atoms with Crippen molar-refractivity contribution in [3.05, 3.63) is 24.3 Å². The molecule has 0 bridgehead atoms. The lowest BCUT2D eigenvalue weighted by Crippen LogP contribution is -2.32. The summed E-state index contributed by atoms with van der Waals surface area (Å²) in [4.78, 5) is 0. The Morgan fingerprint density at radius 1 is 1.19 bits per heavy atom. The van der Waals surface area contributed by atoms with E-state index in [4.69, 9.17) is 5.73 Å². The predicted molar refractivity (Wildman–Crippen MR) is 68.0 cm³/mol. The van der Waals surface area contributed by atoms with Crippen LogP contribution in [0.4, 0.5) is 11.4 Å². The lowest BCUT2D eigenvalue weighted by molar-refractivity contribution is 0.590. The molecule has 1 aromatic carbocycles. The third-order valence-corrected chi connectivity index (χ3v) is 4.33. The molecule has 2 N–H and O–H groups in total. The Kier molecular flexibility index (Phi) is 4.18. The number of sulfonamides is 1. The minimum atomic E-state index is -3.20. The molecule has 5 heteroatoms. The van der Waals surface area contributed by atoms with E-state index in [9.17, 15) is 8.42 Å². The first-order valence-corrected chi connectivity index (χ1v) is 6.98. The van der Waals surface area contributed by atoms with Crippen LogP contribution in [0.3, 0.4) is 0 Å². The quantitative estimate of drug-likeness (QED) is 0.801. The molecular weight excluding hydrogens is 224 g/mol. The van der Waals surface area contributed by atoms with Crippen molar-refractivity contribution in [1.82, 2.24) is 0 Å². The van der Waals surface area contributed by atoms with Crippen molar-refractivity contribution in [2.75, 3.05) is 22.3 Å². The molecule has 4 nitrogen and oxygen atoms in total. The maximum atomic E-state index is 11.9. The van der Waals surface area contributed by atoms with Crippen molar-refractivity contribution in [3.8, 4) is 0 Å².